The Labute approximate surface area is 90.2 Å². The van der Waals surface area contributed by atoms with Gasteiger partial charge in [-0.2, -0.15) is 0 Å². The zero-order valence-electron chi connectivity index (χ0n) is 9.59. The monoisotopic (exact) mass is 216 g/mol. The Kier molecular flexibility index (Phi) is 5.74. The molecule has 5 nitrogen and oxygen atoms in total. The van der Waals surface area contributed by atoms with E-state index in [1.165, 1.54) is 0 Å². The lowest BCUT2D eigenvalue weighted by atomic mass is 9.96. The minimum absolute atomic E-state index is 0.0532. The number of amides is 2. The summed E-state index contributed by atoms with van der Waals surface area (Å²) in [5.41, 5.74) is -0.215. The van der Waals surface area contributed by atoms with Crippen LogP contribution >= 0.6 is 0 Å². The second-order valence-electron chi connectivity index (χ2n) is 3.79. The molecule has 0 saturated carbocycles. The van der Waals surface area contributed by atoms with Crippen LogP contribution < -0.4 is 10.6 Å². The summed E-state index contributed by atoms with van der Waals surface area (Å²) < 4.78 is 0. The summed E-state index contributed by atoms with van der Waals surface area (Å²) in [5.74, 6) is -0.913. The van der Waals surface area contributed by atoms with Crippen molar-refractivity contribution in [3.8, 4) is 0 Å². The Morgan fingerprint density at radius 1 is 1.27 bits per heavy atom. The van der Waals surface area contributed by atoms with E-state index in [0.717, 1.165) is 12.8 Å². The van der Waals surface area contributed by atoms with Crippen molar-refractivity contribution >= 4 is 12.0 Å². The van der Waals surface area contributed by atoms with E-state index in [0.29, 0.717) is 0 Å². The molecule has 0 aliphatic rings. The summed E-state index contributed by atoms with van der Waals surface area (Å²) in [6, 6.07) is -0.303. The largest absolute Gasteiger partial charge is 0.481 e. The number of rotatable bonds is 6. The van der Waals surface area contributed by atoms with Crippen molar-refractivity contribution in [3.05, 3.63) is 0 Å². The van der Waals surface area contributed by atoms with Crippen LogP contribution in [0.15, 0.2) is 0 Å². The maximum atomic E-state index is 11.3. The molecular weight excluding hydrogens is 196 g/mol. The smallest absolute Gasteiger partial charge is 0.315 e. The standard InChI is InChI=1S/C10H20N2O3/c1-4-10(3,5-2)12-9(15)11-7-6-8(13)14/h4-7H2,1-3H3,(H,13,14)(H2,11,12,15). The van der Waals surface area contributed by atoms with Gasteiger partial charge >= 0.3 is 12.0 Å². The molecule has 0 rings (SSSR count). The van der Waals surface area contributed by atoms with Crippen LogP contribution in [0.5, 0.6) is 0 Å². The highest BCUT2D eigenvalue weighted by atomic mass is 16.4. The number of carboxylic acids is 1. The van der Waals surface area contributed by atoms with Gasteiger partial charge in [-0.1, -0.05) is 13.8 Å². The number of urea groups is 1. The van der Waals surface area contributed by atoms with E-state index in [9.17, 15) is 9.59 Å². The van der Waals surface area contributed by atoms with Crippen molar-refractivity contribution in [1.29, 1.82) is 0 Å². The molecule has 0 saturated heterocycles. The number of aliphatic carboxylic acids is 1. The molecule has 88 valence electrons. The van der Waals surface area contributed by atoms with Crippen molar-refractivity contribution in [1.82, 2.24) is 10.6 Å². The molecule has 0 aromatic rings. The zero-order valence-corrected chi connectivity index (χ0v) is 9.59. The third-order valence-corrected chi connectivity index (χ3v) is 2.60. The third-order valence-electron chi connectivity index (χ3n) is 2.60. The normalized spacial score (nSPS) is 10.9. The highest BCUT2D eigenvalue weighted by molar-refractivity contribution is 5.75. The Morgan fingerprint density at radius 2 is 1.80 bits per heavy atom. The van der Waals surface area contributed by atoms with Gasteiger partial charge in [-0.25, -0.2) is 4.79 Å². The summed E-state index contributed by atoms with van der Waals surface area (Å²) in [4.78, 5) is 21.5. The van der Waals surface area contributed by atoms with Gasteiger partial charge < -0.3 is 15.7 Å². The van der Waals surface area contributed by atoms with E-state index < -0.39 is 5.97 Å². The molecule has 0 bridgehead atoms. The summed E-state index contributed by atoms with van der Waals surface area (Å²) in [6.07, 6.45) is 1.63. The molecular formula is C10H20N2O3. The molecule has 0 aliphatic carbocycles. The predicted molar refractivity (Wildman–Crippen MR) is 57.8 cm³/mol. The van der Waals surface area contributed by atoms with Crippen molar-refractivity contribution in [2.75, 3.05) is 6.54 Å². The van der Waals surface area contributed by atoms with Crippen LogP contribution in [0.2, 0.25) is 0 Å². The van der Waals surface area contributed by atoms with Gasteiger partial charge in [0.25, 0.3) is 0 Å². The molecule has 0 aromatic carbocycles. The highest BCUT2D eigenvalue weighted by Crippen LogP contribution is 2.12. The van der Waals surface area contributed by atoms with Gasteiger partial charge in [0.05, 0.1) is 6.42 Å². The lowest BCUT2D eigenvalue weighted by Crippen LogP contribution is -2.49. The first-order valence-corrected chi connectivity index (χ1v) is 5.21. The van der Waals surface area contributed by atoms with Gasteiger partial charge in [-0.15, -0.1) is 0 Å². The third kappa shape index (κ3) is 5.93. The SMILES string of the molecule is CCC(C)(CC)NC(=O)NCCC(=O)O. The van der Waals surface area contributed by atoms with Crippen molar-refractivity contribution in [3.63, 3.8) is 0 Å². The fourth-order valence-corrected chi connectivity index (χ4v) is 1.03. The van der Waals surface area contributed by atoms with Gasteiger partial charge in [0, 0.05) is 12.1 Å². The Balaban J connectivity index is 3.87. The minimum Gasteiger partial charge on any atom is -0.481 e. The molecule has 0 atom stereocenters. The minimum atomic E-state index is -0.913. The molecule has 0 fully saturated rings. The van der Waals surface area contributed by atoms with Crippen molar-refractivity contribution in [2.24, 2.45) is 0 Å². The second kappa shape index (κ2) is 6.27. The van der Waals surface area contributed by atoms with Crippen LogP contribution in [0.4, 0.5) is 4.79 Å². The first-order chi connectivity index (χ1) is 6.93. The lowest BCUT2D eigenvalue weighted by Gasteiger charge is -2.28. The lowest BCUT2D eigenvalue weighted by molar-refractivity contribution is -0.136. The van der Waals surface area contributed by atoms with Crippen molar-refractivity contribution < 1.29 is 14.7 Å². The number of carbonyl (C=O) groups is 2. The van der Waals surface area contributed by atoms with Crippen LogP contribution in [-0.4, -0.2) is 29.2 Å². The van der Waals surface area contributed by atoms with E-state index in [1.54, 1.807) is 0 Å². The fourth-order valence-electron chi connectivity index (χ4n) is 1.03. The molecule has 3 N–H and O–H groups in total. The van der Waals surface area contributed by atoms with Crippen LogP contribution in [0.3, 0.4) is 0 Å². The zero-order chi connectivity index (χ0) is 11.9. The average molecular weight is 216 g/mol. The number of hydrogen-bond donors (Lipinski definition) is 3. The molecule has 0 aromatic heterocycles. The number of nitrogens with one attached hydrogen (secondary N) is 2. The van der Waals surface area contributed by atoms with Gasteiger partial charge in [0.15, 0.2) is 0 Å². The van der Waals surface area contributed by atoms with Crippen LogP contribution in [0, 0.1) is 0 Å². The Hall–Kier alpha value is -1.26. The van der Waals surface area contributed by atoms with Crippen LogP contribution in [-0.2, 0) is 4.79 Å². The maximum Gasteiger partial charge on any atom is 0.315 e. The van der Waals surface area contributed by atoms with Crippen LogP contribution in [0.1, 0.15) is 40.0 Å². The molecule has 5 heteroatoms. The molecule has 0 unspecified atom stereocenters. The quantitative estimate of drug-likeness (QED) is 0.627. The molecule has 0 aliphatic heterocycles. The van der Waals surface area contributed by atoms with E-state index in [1.807, 2.05) is 20.8 Å². The summed E-state index contributed by atoms with van der Waals surface area (Å²) in [7, 11) is 0. The van der Waals surface area contributed by atoms with E-state index in [2.05, 4.69) is 10.6 Å². The summed E-state index contributed by atoms with van der Waals surface area (Å²) >= 11 is 0. The Bertz CT molecular complexity index is 225. The number of hydrogen-bond acceptors (Lipinski definition) is 2. The molecule has 0 spiro atoms. The first kappa shape index (κ1) is 13.7. The second-order valence-corrected chi connectivity index (χ2v) is 3.79. The topological polar surface area (TPSA) is 78.4 Å². The number of carboxylic acid groups (broad SMARTS) is 1. The molecule has 2 amide bonds. The van der Waals surface area contributed by atoms with Gasteiger partial charge in [-0.05, 0) is 19.8 Å². The van der Waals surface area contributed by atoms with Crippen LogP contribution in [0.25, 0.3) is 0 Å². The Morgan fingerprint density at radius 3 is 2.20 bits per heavy atom. The average Bonchev–Trinajstić information content (AvgIpc) is 2.17. The first-order valence-electron chi connectivity index (χ1n) is 5.21. The van der Waals surface area contributed by atoms with E-state index in [4.69, 9.17) is 5.11 Å². The maximum absolute atomic E-state index is 11.3. The van der Waals surface area contributed by atoms with E-state index in [-0.39, 0.29) is 24.5 Å². The highest BCUT2D eigenvalue weighted by Gasteiger charge is 2.21. The summed E-state index contributed by atoms with van der Waals surface area (Å²) in [5, 5.41) is 13.7. The van der Waals surface area contributed by atoms with Gasteiger partial charge in [0.1, 0.15) is 0 Å². The van der Waals surface area contributed by atoms with E-state index >= 15 is 0 Å². The summed E-state index contributed by atoms with van der Waals surface area (Å²) in [6.45, 7) is 6.12. The van der Waals surface area contributed by atoms with Gasteiger partial charge in [0.2, 0.25) is 0 Å². The molecule has 15 heavy (non-hydrogen) atoms. The van der Waals surface area contributed by atoms with Gasteiger partial charge in [-0.3, -0.25) is 4.79 Å². The molecule has 0 heterocycles. The molecule has 0 radical (unpaired) electrons. The number of carbonyl (C=O) groups excluding carboxylic acids is 1. The predicted octanol–water partition coefficient (Wildman–Crippen LogP) is 1.34. The fraction of sp³-hybridized carbons (Fsp3) is 0.800. The van der Waals surface area contributed by atoms with Crippen molar-refractivity contribution in [2.45, 2.75) is 45.6 Å².